The minimum atomic E-state index is -2.56. The van der Waals surface area contributed by atoms with E-state index < -0.39 is 6.43 Å². The Kier molecular flexibility index (Phi) is 6.07. The van der Waals surface area contributed by atoms with Gasteiger partial charge in [-0.1, -0.05) is 6.92 Å². The van der Waals surface area contributed by atoms with Gasteiger partial charge in [-0.3, -0.25) is 0 Å². The second kappa shape index (κ2) is 7.33. The Morgan fingerprint density at radius 1 is 1.39 bits per heavy atom. The number of hydrogen-bond donors (Lipinski definition) is 1. The molecule has 0 aromatic carbocycles. The molecule has 1 rings (SSSR count). The average Bonchev–Trinajstić information content (AvgIpc) is 2.30. The quantitative estimate of drug-likeness (QED) is 0.759. The Labute approximate surface area is 106 Å². The van der Waals surface area contributed by atoms with Crippen LogP contribution in [0.1, 0.15) is 36.9 Å². The van der Waals surface area contributed by atoms with Crippen LogP contribution >= 0.6 is 0 Å². The van der Waals surface area contributed by atoms with Crippen LogP contribution in [0.25, 0.3) is 0 Å². The molecule has 0 unspecified atom stereocenters. The Morgan fingerprint density at radius 2 is 2.11 bits per heavy atom. The molecule has 1 aromatic rings. The summed E-state index contributed by atoms with van der Waals surface area (Å²) in [7, 11) is 3.70. The lowest BCUT2D eigenvalue weighted by atomic mass is 10.2. The van der Waals surface area contributed by atoms with Gasteiger partial charge in [0.15, 0.2) is 0 Å². The lowest BCUT2D eigenvalue weighted by Crippen LogP contribution is -2.19. The molecule has 18 heavy (non-hydrogen) atoms. The van der Waals surface area contributed by atoms with Crippen molar-refractivity contribution in [1.82, 2.24) is 20.2 Å². The summed E-state index contributed by atoms with van der Waals surface area (Å²) in [6, 6.07) is 0. The van der Waals surface area contributed by atoms with E-state index in [1.54, 1.807) is 0 Å². The zero-order chi connectivity index (χ0) is 13.5. The van der Waals surface area contributed by atoms with Gasteiger partial charge in [-0.25, -0.2) is 18.7 Å². The summed E-state index contributed by atoms with van der Waals surface area (Å²) in [6.45, 7) is 3.66. The Hall–Kier alpha value is -1.14. The summed E-state index contributed by atoms with van der Waals surface area (Å²) in [5, 5.41) is 3.08. The first-order valence-electron chi connectivity index (χ1n) is 6.02. The maximum Gasteiger partial charge on any atom is 0.280 e. The number of halogens is 2. The predicted octanol–water partition coefficient (Wildman–Crippen LogP) is 1.98. The van der Waals surface area contributed by atoms with Crippen LogP contribution in [0.3, 0.4) is 0 Å². The standard InChI is InChI=1S/C12H20F2N4/c1-4-5-15-6-9-7-16-10(8-18(2)3)17-11(9)12(13)14/h7,12,15H,4-6,8H2,1-3H3. The highest BCUT2D eigenvalue weighted by molar-refractivity contribution is 5.18. The van der Waals surface area contributed by atoms with Gasteiger partial charge >= 0.3 is 0 Å². The van der Waals surface area contributed by atoms with E-state index >= 15 is 0 Å². The van der Waals surface area contributed by atoms with Gasteiger partial charge in [0, 0.05) is 18.3 Å². The van der Waals surface area contributed by atoms with Crippen molar-refractivity contribution < 1.29 is 8.78 Å². The molecule has 0 amide bonds. The van der Waals surface area contributed by atoms with Gasteiger partial charge in [-0.05, 0) is 27.1 Å². The van der Waals surface area contributed by atoms with Gasteiger partial charge in [-0.15, -0.1) is 0 Å². The van der Waals surface area contributed by atoms with Crippen molar-refractivity contribution in [2.24, 2.45) is 0 Å². The molecule has 0 aliphatic carbocycles. The monoisotopic (exact) mass is 258 g/mol. The maximum absolute atomic E-state index is 12.9. The molecule has 1 aromatic heterocycles. The largest absolute Gasteiger partial charge is 0.313 e. The maximum atomic E-state index is 12.9. The molecule has 0 fully saturated rings. The fourth-order valence-corrected chi connectivity index (χ4v) is 1.54. The van der Waals surface area contributed by atoms with Crippen LogP contribution in [0.5, 0.6) is 0 Å². The molecule has 6 heteroatoms. The summed E-state index contributed by atoms with van der Waals surface area (Å²) in [4.78, 5) is 9.91. The third-order valence-electron chi connectivity index (χ3n) is 2.35. The van der Waals surface area contributed by atoms with E-state index in [-0.39, 0.29) is 5.69 Å². The van der Waals surface area contributed by atoms with Crippen molar-refractivity contribution in [3.63, 3.8) is 0 Å². The third-order valence-corrected chi connectivity index (χ3v) is 2.35. The zero-order valence-corrected chi connectivity index (χ0v) is 11.1. The predicted molar refractivity (Wildman–Crippen MR) is 66.4 cm³/mol. The molecule has 1 heterocycles. The van der Waals surface area contributed by atoms with Gasteiger partial charge in [0.2, 0.25) is 0 Å². The van der Waals surface area contributed by atoms with Crippen LogP contribution in [-0.2, 0) is 13.1 Å². The van der Waals surface area contributed by atoms with E-state index in [0.717, 1.165) is 13.0 Å². The van der Waals surface area contributed by atoms with E-state index in [1.165, 1.54) is 6.20 Å². The van der Waals surface area contributed by atoms with Gasteiger partial charge in [-0.2, -0.15) is 0 Å². The fraction of sp³-hybridized carbons (Fsp3) is 0.667. The third kappa shape index (κ3) is 4.62. The molecule has 0 radical (unpaired) electrons. The van der Waals surface area contributed by atoms with Crippen molar-refractivity contribution in [3.8, 4) is 0 Å². The van der Waals surface area contributed by atoms with Crippen molar-refractivity contribution in [3.05, 3.63) is 23.3 Å². The summed E-state index contributed by atoms with van der Waals surface area (Å²) in [5.41, 5.74) is 0.311. The van der Waals surface area contributed by atoms with Crippen molar-refractivity contribution in [2.45, 2.75) is 32.9 Å². The molecule has 0 aliphatic heterocycles. The van der Waals surface area contributed by atoms with E-state index in [9.17, 15) is 8.78 Å². The fourth-order valence-electron chi connectivity index (χ4n) is 1.54. The normalized spacial score (nSPS) is 11.5. The highest BCUT2D eigenvalue weighted by Crippen LogP contribution is 2.20. The number of aromatic nitrogens is 2. The minimum Gasteiger partial charge on any atom is -0.313 e. The first-order valence-corrected chi connectivity index (χ1v) is 6.02. The first-order chi connectivity index (χ1) is 8.54. The SMILES string of the molecule is CCCNCc1cnc(CN(C)C)nc1C(F)F. The summed E-state index contributed by atoms with van der Waals surface area (Å²) < 4.78 is 25.8. The number of nitrogens with one attached hydrogen (secondary N) is 1. The molecule has 0 atom stereocenters. The second-order valence-corrected chi connectivity index (χ2v) is 4.41. The summed E-state index contributed by atoms with van der Waals surface area (Å²) in [5.74, 6) is 0.426. The smallest absolute Gasteiger partial charge is 0.280 e. The van der Waals surface area contributed by atoms with E-state index in [1.807, 2.05) is 25.9 Å². The molecule has 0 bridgehead atoms. The van der Waals surface area contributed by atoms with Crippen molar-refractivity contribution in [2.75, 3.05) is 20.6 Å². The number of nitrogens with zero attached hydrogens (tertiary/aromatic N) is 3. The molecular weight excluding hydrogens is 238 g/mol. The van der Waals surface area contributed by atoms with Crippen LogP contribution in [0.15, 0.2) is 6.20 Å². The molecular formula is C12H20F2N4. The van der Waals surface area contributed by atoms with Gasteiger partial charge in [0.1, 0.15) is 11.5 Å². The number of rotatable bonds is 7. The number of alkyl halides is 2. The summed E-state index contributed by atoms with van der Waals surface area (Å²) >= 11 is 0. The van der Waals surface area contributed by atoms with Crippen LogP contribution in [0.4, 0.5) is 8.78 Å². The summed E-state index contributed by atoms with van der Waals surface area (Å²) in [6.07, 6.45) is -0.105. The highest BCUT2D eigenvalue weighted by atomic mass is 19.3. The first kappa shape index (κ1) is 14.9. The van der Waals surface area contributed by atoms with Crippen LogP contribution in [0.2, 0.25) is 0 Å². The molecule has 4 nitrogen and oxygen atoms in total. The lowest BCUT2D eigenvalue weighted by molar-refractivity contribution is 0.143. The zero-order valence-electron chi connectivity index (χ0n) is 11.1. The van der Waals surface area contributed by atoms with E-state index in [2.05, 4.69) is 15.3 Å². The van der Waals surface area contributed by atoms with Crippen molar-refractivity contribution >= 4 is 0 Å². The van der Waals surface area contributed by atoms with Gasteiger partial charge < -0.3 is 10.2 Å². The molecule has 0 spiro atoms. The molecule has 102 valence electrons. The molecule has 1 N–H and O–H groups in total. The van der Waals surface area contributed by atoms with E-state index in [0.29, 0.717) is 24.5 Å². The van der Waals surface area contributed by atoms with Gasteiger partial charge in [0.05, 0.1) is 6.54 Å². The molecule has 0 saturated carbocycles. The van der Waals surface area contributed by atoms with Gasteiger partial charge in [0.25, 0.3) is 6.43 Å². The highest BCUT2D eigenvalue weighted by Gasteiger charge is 2.16. The average molecular weight is 258 g/mol. The van der Waals surface area contributed by atoms with Crippen molar-refractivity contribution in [1.29, 1.82) is 0 Å². The van der Waals surface area contributed by atoms with E-state index in [4.69, 9.17) is 0 Å². The molecule has 0 saturated heterocycles. The molecule has 0 aliphatic rings. The second-order valence-electron chi connectivity index (χ2n) is 4.41. The van der Waals surface area contributed by atoms with Crippen LogP contribution in [0, 0.1) is 0 Å². The van der Waals surface area contributed by atoms with Crippen LogP contribution < -0.4 is 5.32 Å². The van der Waals surface area contributed by atoms with Crippen LogP contribution in [-0.4, -0.2) is 35.5 Å². The Morgan fingerprint density at radius 3 is 2.67 bits per heavy atom. The Balaban J connectivity index is 2.83. The minimum absolute atomic E-state index is 0.162. The topological polar surface area (TPSA) is 41.1 Å². The lowest BCUT2D eigenvalue weighted by Gasteiger charge is -2.12. The number of hydrogen-bond acceptors (Lipinski definition) is 4. The Bertz CT molecular complexity index is 369.